The van der Waals surface area contributed by atoms with Crippen LogP contribution < -0.4 is 10.0 Å². The maximum atomic E-state index is 12.5. The predicted octanol–water partition coefficient (Wildman–Crippen LogP) is 2.80. The first kappa shape index (κ1) is 19.6. The minimum atomic E-state index is -3.71. The van der Waals surface area contributed by atoms with Crippen LogP contribution >= 0.6 is 11.3 Å². The zero-order valence-corrected chi connectivity index (χ0v) is 16.1. The molecule has 0 aliphatic carbocycles. The Hall–Kier alpha value is -1.70. The molecule has 136 valence electrons. The average molecular weight is 381 g/mol. The van der Waals surface area contributed by atoms with Crippen molar-refractivity contribution in [2.24, 2.45) is 5.92 Å². The predicted molar refractivity (Wildman–Crippen MR) is 101 cm³/mol. The van der Waals surface area contributed by atoms with Gasteiger partial charge >= 0.3 is 0 Å². The highest BCUT2D eigenvalue weighted by atomic mass is 32.2. The zero-order valence-electron chi connectivity index (χ0n) is 14.4. The van der Waals surface area contributed by atoms with Gasteiger partial charge in [0.05, 0.1) is 0 Å². The fraction of sp³-hybridized carbons (Fsp3) is 0.389. The van der Waals surface area contributed by atoms with Crippen molar-refractivity contribution >= 4 is 27.3 Å². The minimum Gasteiger partial charge on any atom is -0.355 e. The van der Waals surface area contributed by atoms with Crippen molar-refractivity contribution in [3.63, 3.8) is 0 Å². The molecule has 0 fully saturated rings. The zero-order chi connectivity index (χ0) is 18.3. The summed E-state index contributed by atoms with van der Waals surface area (Å²) in [6.45, 7) is 4.68. The molecular formula is C18H24N2O3S2. The first-order valence-corrected chi connectivity index (χ1v) is 10.6. The van der Waals surface area contributed by atoms with Gasteiger partial charge < -0.3 is 5.32 Å². The standard InChI is InChI=1S/C18H24N2O3S2/c1-14(2)10-11-19-18(21)16(13-15-7-4-3-5-8-15)20-25(22,23)17-9-6-12-24-17/h3-9,12,14,16,20H,10-11,13H2,1-2H3,(H,19,21). The van der Waals surface area contributed by atoms with Crippen LogP contribution in [0.25, 0.3) is 0 Å². The molecule has 0 bridgehead atoms. The molecule has 25 heavy (non-hydrogen) atoms. The Labute approximate surface area is 153 Å². The number of carbonyl (C=O) groups is 1. The summed E-state index contributed by atoms with van der Waals surface area (Å²) in [5.74, 6) is 0.167. The van der Waals surface area contributed by atoms with E-state index >= 15 is 0 Å². The van der Waals surface area contributed by atoms with Crippen molar-refractivity contribution in [3.05, 3.63) is 53.4 Å². The van der Waals surface area contributed by atoms with Gasteiger partial charge in [-0.3, -0.25) is 4.79 Å². The summed E-state index contributed by atoms with van der Waals surface area (Å²) in [6, 6.07) is 11.8. The molecule has 7 heteroatoms. The molecule has 0 radical (unpaired) electrons. The molecule has 2 aromatic rings. The van der Waals surface area contributed by atoms with E-state index in [4.69, 9.17) is 0 Å². The number of sulfonamides is 1. The third-order valence-electron chi connectivity index (χ3n) is 3.68. The van der Waals surface area contributed by atoms with Crippen molar-refractivity contribution in [2.75, 3.05) is 6.54 Å². The van der Waals surface area contributed by atoms with Crippen molar-refractivity contribution in [3.8, 4) is 0 Å². The van der Waals surface area contributed by atoms with Crippen LogP contribution in [0.3, 0.4) is 0 Å². The molecule has 2 N–H and O–H groups in total. The Kier molecular flexibility index (Phi) is 7.16. The van der Waals surface area contributed by atoms with Gasteiger partial charge in [-0.05, 0) is 35.8 Å². The number of amides is 1. The third-order valence-corrected chi connectivity index (χ3v) is 6.55. The van der Waals surface area contributed by atoms with Crippen LogP contribution in [0.4, 0.5) is 0 Å². The summed E-state index contributed by atoms with van der Waals surface area (Å²) >= 11 is 1.13. The van der Waals surface area contributed by atoms with E-state index in [0.717, 1.165) is 23.3 Å². The maximum Gasteiger partial charge on any atom is 0.250 e. The lowest BCUT2D eigenvalue weighted by molar-refractivity contribution is -0.122. The van der Waals surface area contributed by atoms with Crippen LogP contribution in [-0.4, -0.2) is 26.9 Å². The number of hydrogen-bond donors (Lipinski definition) is 2. The molecule has 1 heterocycles. The Balaban J connectivity index is 2.12. The topological polar surface area (TPSA) is 75.3 Å². The fourth-order valence-electron chi connectivity index (χ4n) is 2.31. The highest BCUT2D eigenvalue weighted by molar-refractivity contribution is 7.91. The normalized spacial score (nSPS) is 12.9. The Morgan fingerprint density at radius 3 is 2.44 bits per heavy atom. The van der Waals surface area contributed by atoms with E-state index in [2.05, 4.69) is 23.9 Å². The smallest absolute Gasteiger partial charge is 0.250 e. The molecule has 5 nitrogen and oxygen atoms in total. The van der Waals surface area contributed by atoms with Gasteiger partial charge in [-0.15, -0.1) is 11.3 Å². The van der Waals surface area contributed by atoms with Crippen LogP contribution in [0, 0.1) is 5.92 Å². The Morgan fingerprint density at radius 2 is 1.84 bits per heavy atom. The molecule has 2 rings (SSSR count). The molecular weight excluding hydrogens is 356 g/mol. The summed E-state index contributed by atoms with van der Waals surface area (Å²) in [6.07, 6.45) is 1.15. The Morgan fingerprint density at radius 1 is 1.12 bits per heavy atom. The lowest BCUT2D eigenvalue weighted by Crippen LogP contribution is -2.48. The van der Waals surface area contributed by atoms with Crippen LogP contribution in [-0.2, 0) is 21.2 Å². The summed E-state index contributed by atoms with van der Waals surface area (Å²) < 4.78 is 27.8. The molecule has 1 unspecified atom stereocenters. The molecule has 1 amide bonds. The Bertz CT molecular complexity index is 757. The van der Waals surface area contributed by atoms with Gasteiger partial charge in [-0.25, -0.2) is 8.42 Å². The molecule has 0 spiro atoms. The summed E-state index contributed by atoms with van der Waals surface area (Å²) in [5.41, 5.74) is 0.903. The summed E-state index contributed by atoms with van der Waals surface area (Å²) in [5, 5.41) is 4.54. The summed E-state index contributed by atoms with van der Waals surface area (Å²) in [4.78, 5) is 12.5. The van der Waals surface area contributed by atoms with Crippen molar-refractivity contribution in [1.29, 1.82) is 0 Å². The second-order valence-corrected chi connectivity index (χ2v) is 9.16. The van der Waals surface area contributed by atoms with E-state index in [1.54, 1.807) is 11.4 Å². The lowest BCUT2D eigenvalue weighted by atomic mass is 10.1. The van der Waals surface area contributed by atoms with Crippen molar-refractivity contribution in [2.45, 2.75) is 36.9 Å². The molecule has 1 aromatic heterocycles. The SMILES string of the molecule is CC(C)CCNC(=O)C(Cc1ccccc1)NS(=O)(=O)c1cccs1. The van der Waals surface area contributed by atoms with Gasteiger partial charge in [0.25, 0.3) is 10.0 Å². The van der Waals surface area contributed by atoms with Gasteiger partial charge in [-0.2, -0.15) is 4.72 Å². The first-order chi connectivity index (χ1) is 11.9. The van der Waals surface area contributed by atoms with E-state index in [9.17, 15) is 13.2 Å². The van der Waals surface area contributed by atoms with E-state index in [1.807, 2.05) is 30.3 Å². The minimum absolute atomic E-state index is 0.209. The quantitative estimate of drug-likeness (QED) is 0.702. The van der Waals surface area contributed by atoms with Crippen LogP contribution in [0.15, 0.2) is 52.1 Å². The fourth-order valence-corrected chi connectivity index (χ4v) is 4.51. The first-order valence-electron chi connectivity index (χ1n) is 8.26. The van der Waals surface area contributed by atoms with Crippen LogP contribution in [0.5, 0.6) is 0 Å². The third kappa shape index (κ3) is 6.26. The van der Waals surface area contributed by atoms with Crippen LogP contribution in [0.2, 0.25) is 0 Å². The van der Waals surface area contributed by atoms with E-state index in [0.29, 0.717) is 18.9 Å². The maximum absolute atomic E-state index is 12.5. The van der Waals surface area contributed by atoms with Gasteiger partial charge in [-0.1, -0.05) is 50.2 Å². The van der Waals surface area contributed by atoms with E-state index in [1.165, 1.54) is 6.07 Å². The second-order valence-electron chi connectivity index (χ2n) is 6.27. The molecule has 1 atom stereocenters. The highest BCUT2D eigenvalue weighted by Crippen LogP contribution is 2.16. The highest BCUT2D eigenvalue weighted by Gasteiger charge is 2.26. The van der Waals surface area contributed by atoms with Gasteiger partial charge in [0.2, 0.25) is 5.91 Å². The molecule has 0 aliphatic rings. The van der Waals surface area contributed by atoms with Crippen molar-refractivity contribution in [1.82, 2.24) is 10.0 Å². The van der Waals surface area contributed by atoms with Gasteiger partial charge in [0, 0.05) is 6.54 Å². The lowest BCUT2D eigenvalue weighted by Gasteiger charge is -2.18. The number of nitrogens with one attached hydrogen (secondary N) is 2. The summed E-state index contributed by atoms with van der Waals surface area (Å²) in [7, 11) is -3.71. The number of benzene rings is 1. The molecule has 1 aromatic carbocycles. The molecule has 0 saturated carbocycles. The van der Waals surface area contributed by atoms with Gasteiger partial charge in [0.15, 0.2) is 0 Å². The second kappa shape index (κ2) is 9.12. The number of carbonyl (C=O) groups excluding carboxylic acids is 1. The number of hydrogen-bond acceptors (Lipinski definition) is 4. The largest absolute Gasteiger partial charge is 0.355 e. The molecule has 0 aliphatic heterocycles. The number of thiophene rings is 1. The van der Waals surface area contributed by atoms with Crippen LogP contribution in [0.1, 0.15) is 25.8 Å². The molecule has 0 saturated heterocycles. The van der Waals surface area contributed by atoms with E-state index in [-0.39, 0.29) is 10.1 Å². The monoisotopic (exact) mass is 380 g/mol. The number of rotatable bonds is 9. The van der Waals surface area contributed by atoms with E-state index < -0.39 is 16.1 Å². The van der Waals surface area contributed by atoms with Crippen molar-refractivity contribution < 1.29 is 13.2 Å². The van der Waals surface area contributed by atoms with Gasteiger partial charge in [0.1, 0.15) is 10.3 Å². The average Bonchev–Trinajstić information content (AvgIpc) is 3.10.